The molecule has 2 atom stereocenters. The van der Waals surface area contributed by atoms with Gasteiger partial charge in [0.1, 0.15) is 0 Å². The summed E-state index contributed by atoms with van der Waals surface area (Å²) in [5.74, 6) is -0.0574. The standard InChI is InChI=1S/C26H53NO3/c1-3-5-7-8-9-10-11-12-13-14-15-16-17-18-20-21-25(29)24(23-28)27-26(30)22-19-6-4-2/h24-25,28-29H,3-23H2,1-2H3,(H,27,30). The first-order valence-electron chi connectivity index (χ1n) is 13.2. The van der Waals surface area contributed by atoms with Crippen molar-refractivity contribution in [1.29, 1.82) is 0 Å². The summed E-state index contributed by atoms with van der Waals surface area (Å²) >= 11 is 0. The van der Waals surface area contributed by atoms with Gasteiger partial charge in [0.15, 0.2) is 0 Å². The van der Waals surface area contributed by atoms with Gasteiger partial charge in [0.05, 0.1) is 18.8 Å². The number of hydrogen-bond acceptors (Lipinski definition) is 3. The fourth-order valence-corrected chi connectivity index (χ4v) is 4.00. The van der Waals surface area contributed by atoms with Crippen LogP contribution in [0.1, 0.15) is 142 Å². The molecule has 3 N–H and O–H groups in total. The fourth-order valence-electron chi connectivity index (χ4n) is 4.00. The molecule has 0 saturated heterocycles. The van der Waals surface area contributed by atoms with Gasteiger partial charge in [-0.3, -0.25) is 4.79 Å². The van der Waals surface area contributed by atoms with Crippen LogP contribution in [0.2, 0.25) is 0 Å². The molecule has 4 nitrogen and oxygen atoms in total. The predicted molar refractivity (Wildman–Crippen MR) is 129 cm³/mol. The number of aliphatic hydroxyl groups is 2. The minimum atomic E-state index is -0.646. The van der Waals surface area contributed by atoms with Crippen molar-refractivity contribution in [3.05, 3.63) is 0 Å². The number of nitrogens with one attached hydrogen (secondary N) is 1. The minimum absolute atomic E-state index is 0.0574. The lowest BCUT2D eigenvalue weighted by Crippen LogP contribution is -2.45. The molecule has 0 aliphatic carbocycles. The SMILES string of the molecule is CCCCCCCCCCCCCCCCCC(O)C(CO)NC(=O)CCCCC. The summed E-state index contributed by atoms with van der Waals surface area (Å²) in [5.41, 5.74) is 0. The average molecular weight is 428 g/mol. The van der Waals surface area contributed by atoms with Gasteiger partial charge in [-0.05, 0) is 12.8 Å². The largest absolute Gasteiger partial charge is 0.394 e. The van der Waals surface area contributed by atoms with Gasteiger partial charge < -0.3 is 15.5 Å². The molecule has 0 aromatic heterocycles. The molecule has 0 aromatic carbocycles. The van der Waals surface area contributed by atoms with E-state index in [1.807, 2.05) is 0 Å². The van der Waals surface area contributed by atoms with Crippen LogP contribution in [0.15, 0.2) is 0 Å². The van der Waals surface area contributed by atoms with Crippen LogP contribution in [-0.4, -0.2) is 34.9 Å². The highest BCUT2D eigenvalue weighted by atomic mass is 16.3. The van der Waals surface area contributed by atoms with Gasteiger partial charge >= 0.3 is 0 Å². The van der Waals surface area contributed by atoms with E-state index in [1.54, 1.807) is 0 Å². The molecule has 2 unspecified atom stereocenters. The Labute approximate surface area is 187 Å². The van der Waals surface area contributed by atoms with E-state index in [9.17, 15) is 15.0 Å². The summed E-state index contributed by atoms with van der Waals surface area (Å²) in [7, 11) is 0. The highest BCUT2D eigenvalue weighted by Crippen LogP contribution is 2.14. The topological polar surface area (TPSA) is 69.6 Å². The molecule has 0 heterocycles. The Kier molecular flexibility index (Phi) is 22.6. The maximum absolute atomic E-state index is 11.9. The normalized spacial score (nSPS) is 13.3. The maximum atomic E-state index is 11.9. The van der Waals surface area contributed by atoms with Crippen LogP contribution < -0.4 is 5.32 Å². The molecule has 0 fully saturated rings. The van der Waals surface area contributed by atoms with Gasteiger partial charge in [-0.1, -0.05) is 123 Å². The summed E-state index contributed by atoms with van der Waals surface area (Å²) in [6.07, 6.45) is 23.3. The zero-order chi connectivity index (χ0) is 22.3. The Morgan fingerprint density at radius 3 is 1.50 bits per heavy atom. The van der Waals surface area contributed by atoms with Gasteiger partial charge in [-0.2, -0.15) is 0 Å². The van der Waals surface area contributed by atoms with E-state index in [1.165, 1.54) is 83.5 Å². The van der Waals surface area contributed by atoms with Crippen molar-refractivity contribution in [2.45, 2.75) is 154 Å². The number of hydrogen-bond donors (Lipinski definition) is 3. The highest BCUT2D eigenvalue weighted by molar-refractivity contribution is 5.76. The van der Waals surface area contributed by atoms with Crippen molar-refractivity contribution < 1.29 is 15.0 Å². The number of carbonyl (C=O) groups excluding carboxylic acids is 1. The molecule has 0 spiro atoms. The summed E-state index contributed by atoms with van der Waals surface area (Å²) in [6.45, 7) is 4.18. The molecule has 0 radical (unpaired) electrons. The molecular weight excluding hydrogens is 374 g/mol. The van der Waals surface area contributed by atoms with Crippen LogP contribution >= 0.6 is 0 Å². The third-order valence-electron chi connectivity index (χ3n) is 6.12. The summed E-state index contributed by atoms with van der Waals surface area (Å²) < 4.78 is 0. The molecule has 1 amide bonds. The van der Waals surface area contributed by atoms with E-state index < -0.39 is 12.1 Å². The first kappa shape index (κ1) is 29.4. The zero-order valence-corrected chi connectivity index (χ0v) is 20.3. The van der Waals surface area contributed by atoms with Gasteiger partial charge in [0, 0.05) is 6.42 Å². The van der Waals surface area contributed by atoms with Crippen LogP contribution in [0.5, 0.6) is 0 Å². The summed E-state index contributed by atoms with van der Waals surface area (Å²) in [5, 5.41) is 22.5. The smallest absolute Gasteiger partial charge is 0.220 e. The van der Waals surface area contributed by atoms with E-state index >= 15 is 0 Å². The Morgan fingerprint density at radius 2 is 1.07 bits per heavy atom. The Morgan fingerprint density at radius 1 is 0.667 bits per heavy atom. The second kappa shape index (κ2) is 23.1. The van der Waals surface area contributed by atoms with E-state index in [2.05, 4.69) is 19.2 Å². The lowest BCUT2D eigenvalue weighted by Gasteiger charge is -2.22. The summed E-state index contributed by atoms with van der Waals surface area (Å²) in [6, 6.07) is -0.522. The van der Waals surface area contributed by atoms with Gasteiger partial charge in [-0.15, -0.1) is 0 Å². The molecule has 0 aromatic rings. The van der Waals surface area contributed by atoms with Gasteiger partial charge in [-0.25, -0.2) is 0 Å². The van der Waals surface area contributed by atoms with Crippen LogP contribution in [-0.2, 0) is 4.79 Å². The van der Waals surface area contributed by atoms with E-state index in [4.69, 9.17) is 0 Å². The third kappa shape index (κ3) is 19.4. The molecule has 180 valence electrons. The van der Waals surface area contributed by atoms with Crippen molar-refractivity contribution in [3.63, 3.8) is 0 Å². The molecule has 0 saturated carbocycles. The van der Waals surface area contributed by atoms with Crippen molar-refractivity contribution in [2.75, 3.05) is 6.61 Å². The number of unbranched alkanes of at least 4 members (excludes halogenated alkanes) is 16. The van der Waals surface area contributed by atoms with Crippen molar-refractivity contribution in [2.24, 2.45) is 0 Å². The molecule has 0 bridgehead atoms. The van der Waals surface area contributed by atoms with Crippen LogP contribution in [0.3, 0.4) is 0 Å². The predicted octanol–water partition coefficient (Wildman–Crippen LogP) is 6.67. The summed E-state index contributed by atoms with van der Waals surface area (Å²) in [4.78, 5) is 11.9. The quantitative estimate of drug-likeness (QED) is 0.160. The monoisotopic (exact) mass is 427 g/mol. The number of aliphatic hydroxyl groups excluding tert-OH is 2. The lowest BCUT2D eigenvalue weighted by atomic mass is 10.0. The first-order valence-corrected chi connectivity index (χ1v) is 13.2. The van der Waals surface area contributed by atoms with E-state index in [-0.39, 0.29) is 12.5 Å². The highest BCUT2D eigenvalue weighted by Gasteiger charge is 2.19. The maximum Gasteiger partial charge on any atom is 0.220 e. The fraction of sp³-hybridized carbons (Fsp3) is 0.962. The van der Waals surface area contributed by atoms with Crippen molar-refractivity contribution in [3.8, 4) is 0 Å². The third-order valence-corrected chi connectivity index (χ3v) is 6.12. The van der Waals surface area contributed by atoms with Crippen molar-refractivity contribution in [1.82, 2.24) is 5.32 Å². The Hall–Kier alpha value is -0.610. The molecular formula is C26H53NO3. The number of rotatable bonds is 23. The van der Waals surface area contributed by atoms with Crippen LogP contribution in [0, 0.1) is 0 Å². The van der Waals surface area contributed by atoms with Crippen molar-refractivity contribution >= 4 is 5.91 Å². The molecule has 0 aliphatic rings. The number of carbonyl (C=O) groups is 1. The second-order valence-corrected chi connectivity index (χ2v) is 9.12. The molecule has 30 heavy (non-hydrogen) atoms. The molecule has 0 aliphatic heterocycles. The second-order valence-electron chi connectivity index (χ2n) is 9.12. The van der Waals surface area contributed by atoms with Crippen LogP contribution in [0.25, 0.3) is 0 Å². The molecule has 0 rings (SSSR count). The molecule has 4 heteroatoms. The number of amides is 1. The van der Waals surface area contributed by atoms with E-state index in [0.717, 1.165) is 32.1 Å². The first-order chi connectivity index (χ1) is 14.7. The Balaban J connectivity index is 3.48. The average Bonchev–Trinajstić information content (AvgIpc) is 2.74. The van der Waals surface area contributed by atoms with E-state index in [0.29, 0.717) is 12.8 Å². The Bertz CT molecular complexity index is 362. The minimum Gasteiger partial charge on any atom is -0.394 e. The van der Waals surface area contributed by atoms with Gasteiger partial charge in [0.25, 0.3) is 0 Å². The van der Waals surface area contributed by atoms with Gasteiger partial charge in [0.2, 0.25) is 5.91 Å². The zero-order valence-electron chi connectivity index (χ0n) is 20.3. The van der Waals surface area contributed by atoms with Crippen LogP contribution in [0.4, 0.5) is 0 Å². The lowest BCUT2D eigenvalue weighted by molar-refractivity contribution is -0.123.